The molecular weight excluding hydrogens is 408 g/mol. The number of rotatable bonds is 4. The lowest BCUT2D eigenvalue weighted by Gasteiger charge is -2.23. The summed E-state index contributed by atoms with van der Waals surface area (Å²) in [5, 5.41) is 13.2. The molecule has 0 aliphatic carbocycles. The molecule has 0 bridgehead atoms. The summed E-state index contributed by atoms with van der Waals surface area (Å²) >= 11 is 6.30. The van der Waals surface area contributed by atoms with Crippen LogP contribution in [0.3, 0.4) is 0 Å². The molecule has 154 valence electrons. The summed E-state index contributed by atoms with van der Waals surface area (Å²) in [6, 6.07) is 6.41. The summed E-state index contributed by atoms with van der Waals surface area (Å²) < 4.78 is 7.10. The lowest BCUT2D eigenvalue weighted by Crippen LogP contribution is -2.32. The highest BCUT2D eigenvalue weighted by molar-refractivity contribution is 6.35. The topological polar surface area (TPSA) is 158 Å². The van der Waals surface area contributed by atoms with E-state index in [1.807, 2.05) is 6.07 Å². The predicted octanol–water partition coefficient (Wildman–Crippen LogP) is 2.01. The maximum atomic E-state index is 13.4. The van der Waals surface area contributed by atoms with E-state index < -0.39 is 6.04 Å². The molecule has 1 unspecified atom stereocenters. The smallest absolute Gasteiger partial charge is 0.263 e. The van der Waals surface area contributed by atoms with Crippen LogP contribution in [0.15, 0.2) is 23.0 Å². The molecule has 3 heterocycles. The normalized spacial score (nSPS) is 17.0. The lowest BCUT2D eigenvalue weighted by atomic mass is 10.1. The first-order valence-corrected chi connectivity index (χ1v) is 9.66. The van der Waals surface area contributed by atoms with E-state index in [-0.39, 0.29) is 34.7 Å². The summed E-state index contributed by atoms with van der Waals surface area (Å²) in [6.07, 6.45) is 0.675. The van der Waals surface area contributed by atoms with Crippen molar-refractivity contribution in [1.29, 1.82) is 5.26 Å². The van der Waals surface area contributed by atoms with Crippen molar-refractivity contribution >= 4 is 40.1 Å². The monoisotopic (exact) mass is 426 g/mol. The molecule has 1 aliphatic heterocycles. The van der Waals surface area contributed by atoms with Crippen LogP contribution in [0.1, 0.15) is 36.8 Å². The molecule has 1 saturated heterocycles. The molecule has 0 saturated carbocycles. The zero-order valence-electron chi connectivity index (χ0n) is 16.1. The van der Waals surface area contributed by atoms with Gasteiger partial charge in [0, 0.05) is 6.61 Å². The van der Waals surface area contributed by atoms with Crippen molar-refractivity contribution in [3.8, 4) is 6.07 Å². The van der Waals surface area contributed by atoms with E-state index in [0.29, 0.717) is 41.4 Å². The number of fused-ring (bicyclic) bond motifs is 1. The zero-order chi connectivity index (χ0) is 21.4. The Labute approximate surface area is 176 Å². The highest BCUT2D eigenvalue weighted by atomic mass is 35.5. The molecule has 2 aromatic heterocycles. The Bertz CT molecular complexity index is 1230. The predicted molar refractivity (Wildman–Crippen MR) is 113 cm³/mol. The molecule has 11 heteroatoms. The molecule has 3 aromatic rings. The molecule has 1 aliphatic rings. The molecule has 1 aromatic carbocycles. The Balaban J connectivity index is 1.87. The number of nitriles is 1. The van der Waals surface area contributed by atoms with E-state index in [2.05, 4.69) is 15.3 Å². The van der Waals surface area contributed by atoms with Gasteiger partial charge in [-0.1, -0.05) is 17.7 Å². The van der Waals surface area contributed by atoms with E-state index in [1.54, 1.807) is 29.7 Å². The van der Waals surface area contributed by atoms with E-state index in [0.717, 1.165) is 0 Å². The third-order valence-corrected chi connectivity index (χ3v) is 5.30. The summed E-state index contributed by atoms with van der Waals surface area (Å²) in [4.78, 5) is 26.0. The van der Waals surface area contributed by atoms with Crippen molar-refractivity contribution in [3.05, 3.63) is 45.0 Å². The van der Waals surface area contributed by atoms with Crippen molar-refractivity contribution in [2.75, 3.05) is 30.0 Å². The minimum Gasteiger partial charge on any atom is -0.382 e. The van der Waals surface area contributed by atoms with Crippen LogP contribution < -0.4 is 22.3 Å². The molecule has 1 fully saturated rings. The van der Waals surface area contributed by atoms with E-state index in [1.165, 1.54) is 0 Å². The molecule has 0 amide bonds. The minimum atomic E-state index is -0.512. The maximum Gasteiger partial charge on any atom is 0.263 e. The van der Waals surface area contributed by atoms with Gasteiger partial charge in [-0.05, 0) is 25.5 Å². The lowest BCUT2D eigenvalue weighted by molar-refractivity contribution is 0.185. The number of aromatic nitrogens is 4. The number of hydrogen-bond donors (Lipinski definition) is 3. The number of nitrogen functional groups attached to an aromatic ring is 2. The summed E-state index contributed by atoms with van der Waals surface area (Å²) in [5.74, 6) is 0.537. The Kier molecular flexibility index (Phi) is 5.15. The maximum absolute atomic E-state index is 13.4. The molecular formula is C19H19ClN8O2. The molecule has 4 rings (SSSR count). The van der Waals surface area contributed by atoms with Crippen molar-refractivity contribution in [3.63, 3.8) is 0 Å². The molecule has 0 radical (unpaired) electrons. The first-order valence-electron chi connectivity index (χ1n) is 9.28. The van der Waals surface area contributed by atoms with Gasteiger partial charge in [0.25, 0.3) is 5.56 Å². The largest absolute Gasteiger partial charge is 0.382 e. The number of halogens is 1. The molecule has 2 atom stereocenters. The van der Waals surface area contributed by atoms with E-state index in [4.69, 9.17) is 32.8 Å². The number of nitrogens with two attached hydrogens (primary N) is 2. The van der Waals surface area contributed by atoms with E-state index in [9.17, 15) is 10.1 Å². The zero-order valence-corrected chi connectivity index (χ0v) is 16.8. The van der Waals surface area contributed by atoms with Crippen molar-refractivity contribution < 1.29 is 4.74 Å². The van der Waals surface area contributed by atoms with Gasteiger partial charge in [-0.25, -0.2) is 4.98 Å². The molecule has 30 heavy (non-hydrogen) atoms. The Morgan fingerprint density at radius 1 is 1.37 bits per heavy atom. The van der Waals surface area contributed by atoms with Crippen LogP contribution in [-0.2, 0) is 4.74 Å². The van der Waals surface area contributed by atoms with Gasteiger partial charge in [0.15, 0.2) is 5.82 Å². The van der Waals surface area contributed by atoms with Gasteiger partial charge in [0.1, 0.15) is 23.3 Å². The highest BCUT2D eigenvalue weighted by Gasteiger charge is 2.27. The Hall–Kier alpha value is -3.42. The molecule has 0 spiro atoms. The average molecular weight is 427 g/mol. The van der Waals surface area contributed by atoms with Gasteiger partial charge in [-0.3, -0.25) is 9.36 Å². The molecule has 5 N–H and O–H groups in total. The fourth-order valence-electron chi connectivity index (χ4n) is 3.58. The van der Waals surface area contributed by atoms with Crippen molar-refractivity contribution in [2.45, 2.75) is 25.4 Å². The molecule has 10 nitrogen and oxygen atoms in total. The third-order valence-electron chi connectivity index (χ3n) is 4.98. The highest BCUT2D eigenvalue weighted by Crippen LogP contribution is 2.28. The first-order chi connectivity index (χ1) is 14.4. The summed E-state index contributed by atoms with van der Waals surface area (Å²) in [5.41, 5.74) is 11.8. The number of hydrogen-bond acceptors (Lipinski definition) is 9. The van der Waals surface area contributed by atoms with Gasteiger partial charge in [0.2, 0.25) is 5.95 Å². The number of nitrogens with one attached hydrogen (secondary N) is 1. The quantitative estimate of drug-likeness (QED) is 0.567. The second-order valence-corrected chi connectivity index (χ2v) is 7.37. The van der Waals surface area contributed by atoms with Crippen LogP contribution in [0.5, 0.6) is 0 Å². The second kappa shape index (κ2) is 7.78. The van der Waals surface area contributed by atoms with Crippen LogP contribution in [0, 0.1) is 11.3 Å². The van der Waals surface area contributed by atoms with Crippen LogP contribution >= 0.6 is 11.6 Å². The summed E-state index contributed by atoms with van der Waals surface area (Å²) in [7, 11) is 0. The van der Waals surface area contributed by atoms with Gasteiger partial charge in [0.05, 0.1) is 34.6 Å². The standard InChI is InChI=1S/C19H19ClN8O2/c1-9(24-16-11(7-21)15(22)26-19(23)27-16)17-25-13-4-2-3-12(20)14(13)18(29)28(17)10-5-6-30-8-10/h2-4,9-10H,5-6,8H2,1H3,(H5,22,23,24,26,27)/t9-,10?/m0/s1. The SMILES string of the molecule is C[C@H](Nc1nc(N)nc(N)c1C#N)c1nc2cccc(Cl)c2c(=O)n1C1CCOC1. The van der Waals surface area contributed by atoms with Crippen molar-refractivity contribution in [2.24, 2.45) is 0 Å². The Morgan fingerprint density at radius 3 is 2.87 bits per heavy atom. The Morgan fingerprint density at radius 2 is 2.17 bits per heavy atom. The second-order valence-electron chi connectivity index (χ2n) is 6.97. The number of ether oxygens (including phenoxy) is 1. The van der Waals surface area contributed by atoms with Crippen LogP contribution in [0.2, 0.25) is 5.02 Å². The number of benzene rings is 1. The van der Waals surface area contributed by atoms with Crippen LogP contribution in [0.4, 0.5) is 17.6 Å². The van der Waals surface area contributed by atoms with Crippen molar-refractivity contribution in [1.82, 2.24) is 19.5 Å². The fourth-order valence-corrected chi connectivity index (χ4v) is 3.83. The van der Waals surface area contributed by atoms with E-state index >= 15 is 0 Å². The summed E-state index contributed by atoms with van der Waals surface area (Å²) in [6.45, 7) is 2.75. The van der Waals surface area contributed by atoms with Crippen LogP contribution in [-0.4, -0.2) is 32.7 Å². The van der Waals surface area contributed by atoms with Crippen LogP contribution in [0.25, 0.3) is 10.9 Å². The minimum absolute atomic E-state index is 0.0282. The van der Waals surface area contributed by atoms with Gasteiger partial charge in [-0.15, -0.1) is 0 Å². The fraction of sp³-hybridized carbons (Fsp3) is 0.316. The third kappa shape index (κ3) is 3.38. The average Bonchev–Trinajstić information content (AvgIpc) is 3.21. The number of nitrogens with zero attached hydrogens (tertiary/aromatic N) is 5. The van der Waals surface area contributed by atoms with Gasteiger partial charge < -0.3 is 21.5 Å². The number of anilines is 3. The first kappa shape index (κ1) is 19.9. The van der Waals surface area contributed by atoms with Gasteiger partial charge >= 0.3 is 0 Å². The van der Waals surface area contributed by atoms with Gasteiger partial charge in [-0.2, -0.15) is 15.2 Å².